The van der Waals surface area contributed by atoms with E-state index in [-0.39, 0.29) is 23.7 Å². The molecule has 192 valence electrons. The summed E-state index contributed by atoms with van der Waals surface area (Å²) in [7, 11) is 0. The number of benzene rings is 2. The monoisotopic (exact) mass is 574 g/mol. The minimum absolute atomic E-state index is 0.0809. The molecule has 7 nitrogen and oxygen atoms in total. The van der Waals surface area contributed by atoms with E-state index in [9.17, 15) is 9.59 Å². The maximum absolute atomic E-state index is 13.6. The Morgan fingerprint density at radius 1 is 1.19 bits per heavy atom. The van der Waals surface area contributed by atoms with Crippen LogP contribution in [0.5, 0.6) is 0 Å². The molecule has 0 N–H and O–H groups in total. The number of carbonyl (C=O) groups is 1. The topological polar surface area (TPSA) is 67.7 Å². The van der Waals surface area contributed by atoms with E-state index in [0.717, 1.165) is 22.2 Å². The Morgan fingerprint density at radius 3 is 2.53 bits per heavy atom. The number of para-hydroxylation sites is 1. The second-order valence-corrected chi connectivity index (χ2v) is 11.8. The Morgan fingerprint density at radius 2 is 1.89 bits per heavy atom. The lowest BCUT2D eigenvalue weighted by atomic mass is 10.0. The van der Waals surface area contributed by atoms with Crippen LogP contribution in [0.2, 0.25) is 5.02 Å². The Labute approximate surface area is 225 Å². The third-order valence-electron chi connectivity index (χ3n) is 6.26. The van der Waals surface area contributed by atoms with Crippen molar-refractivity contribution in [3.8, 4) is 5.69 Å². The Bertz CT molecular complexity index is 1370. The lowest BCUT2D eigenvalue weighted by Crippen LogP contribution is -2.55. The molecule has 3 aromatic rings. The number of halogens is 2. The number of anilines is 1. The predicted octanol–water partition coefficient (Wildman–Crippen LogP) is 6.37. The van der Waals surface area contributed by atoms with Gasteiger partial charge in [0, 0.05) is 35.5 Å². The van der Waals surface area contributed by atoms with E-state index >= 15 is 0 Å². The SMILES string of the molecule is CC(C)c1ccccc1-n1c(=O)nc(N2CCN(C(=O)OC(C)(C)C)C[C@@H]2C)c2cc(Cl)c(Br)cc21. The maximum atomic E-state index is 13.6. The smallest absolute Gasteiger partial charge is 0.410 e. The van der Waals surface area contributed by atoms with Crippen LogP contribution in [0.25, 0.3) is 16.6 Å². The molecule has 1 aromatic heterocycles. The molecule has 0 radical (unpaired) electrons. The van der Waals surface area contributed by atoms with Crippen LogP contribution in [0.1, 0.15) is 53.0 Å². The van der Waals surface area contributed by atoms with Gasteiger partial charge in [0.15, 0.2) is 0 Å². The zero-order valence-corrected chi connectivity index (χ0v) is 23.9. The number of fused-ring (bicyclic) bond motifs is 1. The first-order valence-corrected chi connectivity index (χ1v) is 13.3. The first-order valence-electron chi connectivity index (χ1n) is 12.1. The van der Waals surface area contributed by atoms with Crippen LogP contribution in [0.15, 0.2) is 45.7 Å². The number of hydrogen-bond acceptors (Lipinski definition) is 5. The fraction of sp³-hybridized carbons (Fsp3) is 0.444. The van der Waals surface area contributed by atoms with E-state index in [1.165, 1.54) is 0 Å². The van der Waals surface area contributed by atoms with Gasteiger partial charge in [0.1, 0.15) is 11.4 Å². The van der Waals surface area contributed by atoms with Crippen LogP contribution < -0.4 is 10.6 Å². The number of rotatable bonds is 3. The third-order valence-corrected chi connectivity index (χ3v) is 7.46. The summed E-state index contributed by atoms with van der Waals surface area (Å²) in [5.74, 6) is 0.790. The molecule has 0 spiro atoms. The Balaban J connectivity index is 1.81. The molecule has 36 heavy (non-hydrogen) atoms. The van der Waals surface area contributed by atoms with E-state index in [4.69, 9.17) is 16.3 Å². The van der Waals surface area contributed by atoms with Gasteiger partial charge in [0.25, 0.3) is 0 Å². The molecule has 2 heterocycles. The number of aromatic nitrogens is 2. The minimum atomic E-state index is -0.559. The highest BCUT2D eigenvalue weighted by Crippen LogP contribution is 2.35. The van der Waals surface area contributed by atoms with Crippen molar-refractivity contribution in [2.45, 2.75) is 59.1 Å². The summed E-state index contributed by atoms with van der Waals surface area (Å²) >= 11 is 10.1. The Kier molecular flexibility index (Phi) is 7.40. The number of carbonyl (C=O) groups excluding carboxylic acids is 1. The average molecular weight is 576 g/mol. The van der Waals surface area contributed by atoms with E-state index in [0.29, 0.717) is 34.9 Å². The molecular formula is C27H32BrClN4O3. The van der Waals surface area contributed by atoms with Crippen molar-refractivity contribution in [3.05, 3.63) is 61.9 Å². The molecule has 1 amide bonds. The lowest BCUT2D eigenvalue weighted by molar-refractivity contribution is 0.0218. The fourth-order valence-corrected chi connectivity index (χ4v) is 5.09. The van der Waals surface area contributed by atoms with Crippen molar-refractivity contribution in [3.63, 3.8) is 0 Å². The summed E-state index contributed by atoms with van der Waals surface area (Å²) in [5.41, 5.74) is 1.66. The van der Waals surface area contributed by atoms with Gasteiger partial charge in [-0.25, -0.2) is 9.59 Å². The van der Waals surface area contributed by atoms with E-state index in [2.05, 4.69) is 39.7 Å². The molecule has 4 rings (SSSR count). The molecule has 2 aromatic carbocycles. The Hall–Kier alpha value is -2.58. The average Bonchev–Trinajstić information content (AvgIpc) is 2.79. The second kappa shape index (κ2) is 10.1. The van der Waals surface area contributed by atoms with Gasteiger partial charge in [-0.05, 0) is 73.3 Å². The summed E-state index contributed by atoms with van der Waals surface area (Å²) in [6.07, 6.45) is -0.334. The molecular weight excluding hydrogens is 544 g/mol. The third kappa shape index (κ3) is 5.25. The van der Waals surface area contributed by atoms with Gasteiger partial charge in [-0.1, -0.05) is 43.6 Å². The number of piperazine rings is 1. The van der Waals surface area contributed by atoms with Crippen LogP contribution >= 0.6 is 27.5 Å². The summed E-state index contributed by atoms with van der Waals surface area (Å²) in [6.45, 7) is 13.2. The van der Waals surface area contributed by atoms with E-state index in [1.807, 2.05) is 64.1 Å². The molecule has 0 saturated carbocycles. The van der Waals surface area contributed by atoms with Gasteiger partial charge in [0.05, 0.1) is 16.2 Å². The van der Waals surface area contributed by atoms with Gasteiger partial charge in [-0.3, -0.25) is 4.57 Å². The largest absolute Gasteiger partial charge is 0.444 e. The van der Waals surface area contributed by atoms with Crippen LogP contribution in [-0.4, -0.2) is 51.8 Å². The van der Waals surface area contributed by atoms with Gasteiger partial charge < -0.3 is 14.5 Å². The first kappa shape index (κ1) is 26.5. The summed E-state index contributed by atoms with van der Waals surface area (Å²) in [4.78, 5) is 34.6. The second-order valence-electron chi connectivity index (χ2n) is 10.5. The molecule has 9 heteroatoms. The molecule has 1 atom stereocenters. The minimum Gasteiger partial charge on any atom is -0.444 e. The number of ether oxygens (including phenoxy) is 1. The molecule has 1 aliphatic rings. The fourth-order valence-electron chi connectivity index (χ4n) is 4.60. The van der Waals surface area contributed by atoms with E-state index < -0.39 is 5.60 Å². The van der Waals surface area contributed by atoms with Crippen LogP contribution in [0, 0.1) is 0 Å². The summed E-state index contributed by atoms with van der Waals surface area (Å²) in [6, 6.07) is 11.5. The van der Waals surface area contributed by atoms with Crippen molar-refractivity contribution in [1.29, 1.82) is 0 Å². The van der Waals surface area contributed by atoms with Crippen LogP contribution in [0.3, 0.4) is 0 Å². The highest BCUT2D eigenvalue weighted by molar-refractivity contribution is 9.10. The molecule has 0 unspecified atom stereocenters. The molecule has 0 aliphatic carbocycles. The number of hydrogen-bond donors (Lipinski definition) is 0. The van der Waals surface area contributed by atoms with Crippen molar-refractivity contribution < 1.29 is 9.53 Å². The van der Waals surface area contributed by atoms with E-state index in [1.54, 1.807) is 9.47 Å². The quantitative estimate of drug-likeness (QED) is 0.363. The molecule has 1 fully saturated rings. The highest BCUT2D eigenvalue weighted by atomic mass is 79.9. The first-order chi connectivity index (χ1) is 16.9. The van der Waals surface area contributed by atoms with Gasteiger partial charge in [0.2, 0.25) is 0 Å². The number of amides is 1. The molecule has 1 aliphatic heterocycles. The highest BCUT2D eigenvalue weighted by Gasteiger charge is 2.32. The summed E-state index contributed by atoms with van der Waals surface area (Å²) in [5, 5.41) is 1.31. The van der Waals surface area contributed by atoms with Crippen LogP contribution in [0.4, 0.5) is 10.6 Å². The molecule has 0 bridgehead atoms. The standard InChI is InChI=1S/C27H32BrClN4O3/c1-16(2)18-9-7-8-10-22(18)33-23-14-20(28)21(29)13-19(23)24(30-25(33)34)32-12-11-31(15-17(32)3)26(35)36-27(4,5)6/h7-10,13-14,16-17H,11-12,15H2,1-6H3/t17-/m0/s1. The van der Waals surface area contributed by atoms with Crippen molar-refractivity contribution >= 4 is 50.3 Å². The van der Waals surface area contributed by atoms with Crippen molar-refractivity contribution in [2.24, 2.45) is 0 Å². The zero-order chi connectivity index (χ0) is 26.4. The van der Waals surface area contributed by atoms with Gasteiger partial charge >= 0.3 is 11.8 Å². The van der Waals surface area contributed by atoms with Crippen molar-refractivity contribution in [1.82, 2.24) is 14.5 Å². The molecule has 1 saturated heterocycles. The van der Waals surface area contributed by atoms with Crippen LogP contribution in [-0.2, 0) is 4.74 Å². The van der Waals surface area contributed by atoms with Gasteiger partial charge in [-0.15, -0.1) is 0 Å². The zero-order valence-electron chi connectivity index (χ0n) is 21.5. The van der Waals surface area contributed by atoms with Gasteiger partial charge in [-0.2, -0.15) is 4.98 Å². The lowest BCUT2D eigenvalue weighted by Gasteiger charge is -2.41. The summed E-state index contributed by atoms with van der Waals surface area (Å²) < 4.78 is 7.92. The van der Waals surface area contributed by atoms with Crippen molar-refractivity contribution in [2.75, 3.05) is 24.5 Å². The predicted molar refractivity (Wildman–Crippen MR) is 149 cm³/mol. The normalized spacial score (nSPS) is 16.6. The maximum Gasteiger partial charge on any atom is 0.410 e. The number of nitrogens with zero attached hydrogens (tertiary/aromatic N) is 4.